The summed E-state index contributed by atoms with van der Waals surface area (Å²) >= 11 is 0. The molecule has 0 saturated heterocycles. The van der Waals surface area contributed by atoms with E-state index < -0.39 is 23.8 Å². The van der Waals surface area contributed by atoms with Crippen molar-refractivity contribution >= 4 is 23.4 Å². The number of rotatable bonds is 9. The summed E-state index contributed by atoms with van der Waals surface area (Å²) in [6.45, 7) is 7.99. The van der Waals surface area contributed by atoms with Gasteiger partial charge in [-0.25, -0.2) is 0 Å². The van der Waals surface area contributed by atoms with Crippen molar-refractivity contribution in [3.63, 3.8) is 0 Å². The average Bonchev–Trinajstić information content (AvgIpc) is 3.06. The molecule has 2 N–H and O–H groups in total. The third kappa shape index (κ3) is 5.87. The number of carboxylic acid groups (broad SMARTS) is 1. The molecule has 0 aliphatic carbocycles. The highest BCUT2D eigenvalue weighted by Gasteiger charge is 2.30. The molecule has 0 spiro atoms. The minimum absolute atomic E-state index is 0.131. The Labute approximate surface area is 165 Å². The Morgan fingerprint density at radius 3 is 2.29 bits per heavy atom. The van der Waals surface area contributed by atoms with Gasteiger partial charge in [-0.1, -0.05) is 43.7 Å². The Balaban J connectivity index is 2.06. The summed E-state index contributed by atoms with van der Waals surface area (Å²) in [7, 11) is 0. The van der Waals surface area contributed by atoms with Gasteiger partial charge in [0.15, 0.2) is 5.78 Å². The van der Waals surface area contributed by atoms with E-state index in [1.807, 2.05) is 52.0 Å². The van der Waals surface area contributed by atoms with Crippen molar-refractivity contribution in [3.05, 3.63) is 47.0 Å². The molecule has 0 radical (unpaired) electrons. The summed E-state index contributed by atoms with van der Waals surface area (Å²) in [5.74, 6) is -2.67. The third-order valence-electron chi connectivity index (χ3n) is 4.81. The minimum Gasteiger partial charge on any atom is -0.481 e. The van der Waals surface area contributed by atoms with Crippen molar-refractivity contribution in [3.8, 4) is 0 Å². The highest BCUT2D eigenvalue weighted by molar-refractivity contribution is 6.44. The smallest absolute Gasteiger partial charge is 0.307 e. The largest absolute Gasteiger partial charge is 0.481 e. The first-order chi connectivity index (χ1) is 13.2. The van der Waals surface area contributed by atoms with Crippen LogP contribution in [-0.4, -0.2) is 41.1 Å². The molecule has 2 rings (SSSR count). The van der Waals surface area contributed by atoms with Gasteiger partial charge in [0.1, 0.15) is 5.71 Å². The van der Waals surface area contributed by atoms with E-state index in [1.54, 1.807) is 6.08 Å². The molecule has 1 aliphatic heterocycles. The molecule has 0 aromatic heterocycles. The number of Topliss-reactive ketones (excluding diaryl/α,β-unsaturated/α-hetero) is 1. The van der Waals surface area contributed by atoms with Crippen LogP contribution in [0.15, 0.2) is 40.9 Å². The van der Waals surface area contributed by atoms with Crippen LogP contribution in [0.1, 0.15) is 38.3 Å². The number of aliphatic carboxylic acids is 1. The molecule has 150 valence electrons. The van der Waals surface area contributed by atoms with Gasteiger partial charge >= 0.3 is 5.97 Å². The summed E-state index contributed by atoms with van der Waals surface area (Å²) in [4.78, 5) is 41.1. The number of aliphatic imine (C=N–C) groups is 1. The lowest BCUT2D eigenvalue weighted by Gasteiger charge is -2.23. The van der Waals surface area contributed by atoms with Gasteiger partial charge in [0, 0.05) is 6.42 Å². The first-order valence-corrected chi connectivity index (χ1v) is 9.51. The van der Waals surface area contributed by atoms with E-state index in [4.69, 9.17) is 0 Å². The molecule has 2 atom stereocenters. The maximum absolute atomic E-state index is 12.8. The molecule has 1 aromatic carbocycles. The third-order valence-corrected chi connectivity index (χ3v) is 4.81. The summed E-state index contributed by atoms with van der Waals surface area (Å²) < 4.78 is 0. The number of ketones is 1. The Kier molecular flexibility index (Phi) is 7.26. The number of nitrogens with zero attached hydrogens (tertiary/aromatic N) is 1. The second-order valence-electron chi connectivity index (χ2n) is 7.78. The molecule has 1 heterocycles. The van der Waals surface area contributed by atoms with Crippen molar-refractivity contribution in [2.45, 2.75) is 46.6 Å². The van der Waals surface area contributed by atoms with E-state index in [-0.39, 0.29) is 24.5 Å². The fourth-order valence-corrected chi connectivity index (χ4v) is 3.13. The van der Waals surface area contributed by atoms with Crippen LogP contribution in [0.5, 0.6) is 0 Å². The molecule has 0 unspecified atom stereocenters. The zero-order chi connectivity index (χ0) is 20.8. The van der Waals surface area contributed by atoms with E-state index in [9.17, 15) is 19.5 Å². The lowest BCUT2D eigenvalue weighted by atomic mass is 9.89. The number of benzene rings is 1. The van der Waals surface area contributed by atoms with Gasteiger partial charge in [0.25, 0.3) is 5.91 Å². The number of carboxylic acids is 1. The van der Waals surface area contributed by atoms with E-state index in [0.717, 1.165) is 16.7 Å². The number of carbonyl (C=O) groups is 3. The van der Waals surface area contributed by atoms with Gasteiger partial charge in [-0.3, -0.25) is 19.4 Å². The van der Waals surface area contributed by atoms with Crippen LogP contribution in [0.3, 0.4) is 0 Å². The number of hydrogen-bond donors (Lipinski definition) is 2. The zero-order valence-corrected chi connectivity index (χ0v) is 16.9. The van der Waals surface area contributed by atoms with Crippen LogP contribution < -0.4 is 5.32 Å². The van der Waals surface area contributed by atoms with Gasteiger partial charge in [-0.15, -0.1) is 0 Å². The summed E-state index contributed by atoms with van der Waals surface area (Å²) in [5, 5.41) is 12.3. The van der Waals surface area contributed by atoms with Gasteiger partial charge in [0.2, 0.25) is 0 Å². The maximum Gasteiger partial charge on any atom is 0.307 e. The molecular weight excluding hydrogens is 356 g/mol. The Hall–Kier alpha value is -2.76. The van der Waals surface area contributed by atoms with Crippen molar-refractivity contribution < 1.29 is 19.5 Å². The highest BCUT2D eigenvalue weighted by Crippen LogP contribution is 2.17. The molecule has 1 aliphatic rings. The fourth-order valence-electron chi connectivity index (χ4n) is 3.13. The summed E-state index contributed by atoms with van der Waals surface area (Å²) in [6.07, 6.45) is 1.84. The predicted molar refractivity (Wildman–Crippen MR) is 108 cm³/mol. The molecule has 1 amide bonds. The van der Waals surface area contributed by atoms with Gasteiger partial charge in [-0.05, 0) is 43.4 Å². The molecular formula is C22H28N2O4. The molecule has 1 aromatic rings. The lowest BCUT2D eigenvalue weighted by Crippen LogP contribution is -2.47. The molecule has 0 fully saturated rings. The first-order valence-electron chi connectivity index (χ1n) is 9.51. The second-order valence-corrected chi connectivity index (χ2v) is 7.78. The lowest BCUT2D eigenvalue weighted by molar-refractivity contribution is -0.144. The van der Waals surface area contributed by atoms with Crippen LogP contribution in [0.2, 0.25) is 0 Å². The Bertz CT molecular complexity index is 806. The molecule has 28 heavy (non-hydrogen) atoms. The van der Waals surface area contributed by atoms with Gasteiger partial charge < -0.3 is 10.4 Å². The standard InChI is InChI=1S/C22H28N2O4/c1-13(2)20(24-21(26)18-9-15(4)12-23-18)19(25)11-17(22(27)28)10-16-7-5-14(3)6-8-16/h5-9,13,17,20H,10-12H2,1-4H3,(H,24,26)(H,27,28)/t17-,20+/m1/s1. The van der Waals surface area contributed by atoms with E-state index in [0.29, 0.717) is 12.3 Å². The quantitative estimate of drug-likeness (QED) is 0.684. The first kappa shape index (κ1) is 21.5. The molecule has 6 heteroatoms. The normalized spacial score (nSPS) is 15.6. The SMILES string of the molecule is CC1=CC(C(=O)N[C@H](C(=O)C[C@@H](Cc2ccc(C)cc2)C(=O)O)C(C)C)=NC1. The van der Waals surface area contributed by atoms with Crippen LogP contribution in [0, 0.1) is 18.8 Å². The van der Waals surface area contributed by atoms with Crippen molar-refractivity contribution in [1.82, 2.24) is 5.32 Å². The van der Waals surface area contributed by atoms with Crippen molar-refractivity contribution in [1.29, 1.82) is 0 Å². The summed E-state index contributed by atoms with van der Waals surface area (Å²) in [6, 6.07) is 6.86. The monoisotopic (exact) mass is 384 g/mol. The Morgan fingerprint density at radius 1 is 1.14 bits per heavy atom. The second kappa shape index (κ2) is 9.44. The number of hydrogen-bond acceptors (Lipinski definition) is 4. The zero-order valence-electron chi connectivity index (χ0n) is 16.9. The maximum atomic E-state index is 12.8. The van der Waals surface area contributed by atoms with Gasteiger partial charge in [-0.2, -0.15) is 0 Å². The van der Waals surface area contributed by atoms with Crippen LogP contribution in [-0.2, 0) is 20.8 Å². The van der Waals surface area contributed by atoms with Gasteiger partial charge in [0.05, 0.1) is 18.5 Å². The van der Waals surface area contributed by atoms with Crippen LogP contribution in [0.25, 0.3) is 0 Å². The average molecular weight is 384 g/mol. The topological polar surface area (TPSA) is 95.8 Å². The van der Waals surface area contributed by atoms with E-state index in [2.05, 4.69) is 10.3 Å². The number of carbonyl (C=O) groups excluding carboxylic acids is 2. The Morgan fingerprint density at radius 2 is 1.79 bits per heavy atom. The van der Waals surface area contributed by atoms with Crippen LogP contribution in [0.4, 0.5) is 0 Å². The number of amides is 1. The fraction of sp³-hybridized carbons (Fsp3) is 0.455. The molecule has 0 bridgehead atoms. The van der Waals surface area contributed by atoms with E-state index in [1.165, 1.54) is 0 Å². The van der Waals surface area contributed by atoms with Crippen molar-refractivity contribution in [2.24, 2.45) is 16.8 Å². The number of aryl methyl sites for hydroxylation is 1. The molecule has 0 saturated carbocycles. The van der Waals surface area contributed by atoms with Crippen molar-refractivity contribution in [2.75, 3.05) is 6.54 Å². The predicted octanol–water partition coefficient (Wildman–Crippen LogP) is 2.74. The highest BCUT2D eigenvalue weighted by atomic mass is 16.4. The number of nitrogens with one attached hydrogen (secondary N) is 1. The van der Waals surface area contributed by atoms with E-state index >= 15 is 0 Å². The summed E-state index contributed by atoms with van der Waals surface area (Å²) in [5.41, 5.74) is 3.26. The molecule has 6 nitrogen and oxygen atoms in total. The van der Waals surface area contributed by atoms with Crippen LogP contribution >= 0.6 is 0 Å². The minimum atomic E-state index is -1.01.